The quantitative estimate of drug-likeness (QED) is 0.456. The molecule has 2 N–H and O–H groups in total. The number of halogens is 2. The zero-order valence-electron chi connectivity index (χ0n) is 9.53. The molecule has 0 aliphatic rings. The van der Waals surface area contributed by atoms with E-state index in [-0.39, 0.29) is 12.9 Å². The van der Waals surface area contributed by atoms with Gasteiger partial charge in [0.25, 0.3) is 0 Å². The van der Waals surface area contributed by atoms with E-state index in [9.17, 15) is 9.18 Å². The van der Waals surface area contributed by atoms with Gasteiger partial charge >= 0.3 is 5.97 Å². The number of hydrogen-bond acceptors (Lipinski definition) is 3. The number of nitrogens with one attached hydrogen (secondary N) is 1. The first kappa shape index (κ1) is 14.5. The van der Waals surface area contributed by atoms with Gasteiger partial charge in [-0.25, -0.2) is 9.18 Å². The SMILES string of the molecule is O=C(O)C(=CF)NOCCCc1cccc(Cl)c1. The van der Waals surface area contributed by atoms with E-state index in [0.717, 1.165) is 12.0 Å². The van der Waals surface area contributed by atoms with E-state index in [1.165, 1.54) is 0 Å². The molecular weight excluding hydrogens is 261 g/mol. The standard InChI is InChI=1S/C12H13ClFNO3/c13-10-5-1-3-9(7-10)4-2-6-18-15-11(8-14)12(16)17/h1,3,5,7-8,15H,2,4,6H2,(H,16,17). The van der Waals surface area contributed by atoms with Crippen LogP contribution in [0.4, 0.5) is 4.39 Å². The number of carbonyl (C=O) groups is 1. The first-order valence-corrected chi connectivity index (χ1v) is 5.67. The van der Waals surface area contributed by atoms with Gasteiger partial charge in [-0.15, -0.1) is 0 Å². The number of carboxylic acids is 1. The molecule has 0 aliphatic heterocycles. The molecule has 0 bridgehead atoms. The van der Waals surface area contributed by atoms with Crippen LogP contribution in [0.5, 0.6) is 0 Å². The van der Waals surface area contributed by atoms with Crippen molar-refractivity contribution in [1.29, 1.82) is 0 Å². The zero-order valence-corrected chi connectivity index (χ0v) is 10.3. The Bertz CT molecular complexity index is 437. The molecule has 0 saturated carbocycles. The number of aryl methyl sites for hydroxylation is 1. The maximum absolute atomic E-state index is 12.0. The van der Waals surface area contributed by atoms with Gasteiger partial charge in [0.2, 0.25) is 0 Å². The number of rotatable bonds is 7. The Balaban J connectivity index is 2.21. The van der Waals surface area contributed by atoms with Gasteiger partial charge in [0.05, 0.1) is 6.61 Å². The molecule has 0 radical (unpaired) electrons. The minimum atomic E-state index is -1.41. The Morgan fingerprint density at radius 3 is 2.94 bits per heavy atom. The van der Waals surface area contributed by atoms with Crippen LogP contribution < -0.4 is 5.48 Å². The molecule has 98 valence electrons. The first-order chi connectivity index (χ1) is 8.63. The summed E-state index contributed by atoms with van der Waals surface area (Å²) in [4.78, 5) is 15.2. The molecule has 1 aromatic carbocycles. The molecule has 0 heterocycles. The minimum absolute atomic E-state index is 0.0562. The predicted molar refractivity (Wildman–Crippen MR) is 65.7 cm³/mol. The topological polar surface area (TPSA) is 58.6 Å². The second kappa shape index (κ2) is 7.68. The molecule has 0 atom stereocenters. The van der Waals surface area contributed by atoms with Gasteiger partial charge in [0.1, 0.15) is 6.33 Å². The third-order valence-corrected chi connectivity index (χ3v) is 2.36. The summed E-state index contributed by atoms with van der Waals surface area (Å²) in [5.41, 5.74) is 2.46. The molecule has 1 aromatic rings. The lowest BCUT2D eigenvalue weighted by atomic mass is 10.1. The van der Waals surface area contributed by atoms with Crippen LogP contribution in [0.15, 0.2) is 36.3 Å². The predicted octanol–water partition coefficient (Wildman–Crippen LogP) is 2.69. The van der Waals surface area contributed by atoms with Crippen molar-refractivity contribution < 1.29 is 19.1 Å². The van der Waals surface area contributed by atoms with Gasteiger partial charge in [-0.05, 0) is 30.5 Å². The first-order valence-electron chi connectivity index (χ1n) is 5.29. The van der Waals surface area contributed by atoms with Crippen molar-refractivity contribution in [2.24, 2.45) is 0 Å². The summed E-state index contributed by atoms with van der Waals surface area (Å²) in [5, 5.41) is 9.14. The van der Waals surface area contributed by atoms with Crippen molar-refractivity contribution in [3.8, 4) is 0 Å². The smallest absolute Gasteiger partial charge is 0.356 e. The van der Waals surface area contributed by atoms with Crippen molar-refractivity contribution in [2.75, 3.05) is 6.61 Å². The summed E-state index contributed by atoms with van der Waals surface area (Å²) in [7, 11) is 0. The van der Waals surface area contributed by atoms with Gasteiger partial charge in [-0.2, -0.15) is 0 Å². The van der Waals surface area contributed by atoms with E-state index in [4.69, 9.17) is 21.5 Å². The largest absolute Gasteiger partial charge is 0.476 e. The Morgan fingerprint density at radius 1 is 1.56 bits per heavy atom. The molecule has 0 aromatic heterocycles. The highest BCUT2D eigenvalue weighted by Gasteiger charge is 2.06. The van der Waals surface area contributed by atoms with Gasteiger partial charge in [0, 0.05) is 5.02 Å². The van der Waals surface area contributed by atoms with Gasteiger partial charge in [-0.3, -0.25) is 10.3 Å². The lowest BCUT2D eigenvalue weighted by Gasteiger charge is -2.06. The molecule has 0 spiro atoms. The molecule has 0 unspecified atom stereocenters. The number of hydrogen-bond donors (Lipinski definition) is 2. The second-order valence-corrected chi connectivity index (χ2v) is 3.95. The molecule has 0 amide bonds. The van der Waals surface area contributed by atoms with Crippen LogP contribution in [0, 0.1) is 0 Å². The van der Waals surface area contributed by atoms with E-state index in [1.54, 1.807) is 6.07 Å². The highest BCUT2D eigenvalue weighted by Crippen LogP contribution is 2.11. The average molecular weight is 274 g/mol. The van der Waals surface area contributed by atoms with E-state index < -0.39 is 11.7 Å². The van der Waals surface area contributed by atoms with Gasteiger partial charge in [-0.1, -0.05) is 23.7 Å². The lowest BCUT2D eigenvalue weighted by molar-refractivity contribution is -0.134. The van der Waals surface area contributed by atoms with E-state index >= 15 is 0 Å². The fourth-order valence-electron chi connectivity index (χ4n) is 1.28. The summed E-state index contributed by atoms with van der Waals surface area (Å²) in [5.74, 6) is -1.41. The number of benzene rings is 1. The van der Waals surface area contributed by atoms with Gasteiger partial charge in [0.15, 0.2) is 5.70 Å². The lowest BCUT2D eigenvalue weighted by Crippen LogP contribution is -2.21. The third kappa shape index (κ3) is 5.16. The van der Waals surface area contributed by atoms with Crippen LogP contribution in [-0.2, 0) is 16.1 Å². The molecule has 4 nitrogen and oxygen atoms in total. The van der Waals surface area contributed by atoms with Gasteiger partial charge < -0.3 is 5.11 Å². The highest BCUT2D eigenvalue weighted by atomic mass is 35.5. The van der Waals surface area contributed by atoms with Crippen LogP contribution in [0.1, 0.15) is 12.0 Å². The summed E-state index contributed by atoms with van der Waals surface area (Å²) in [6.07, 6.45) is 1.34. The highest BCUT2D eigenvalue weighted by molar-refractivity contribution is 6.30. The second-order valence-electron chi connectivity index (χ2n) is 3.51. The molecule has 0 saturated heterocycles. The van der Waals surface area contributed by atoms with Crippen molar-refractivity contribution in [3.05, 3.63) is 46.9 Å². The normalized spacial score (nSPS) is 11.3. The monoisotopic (exact) mass is 273 g/mol. The maximum Gasteiger partial charge on any atom is 0.356 e. The van der Waals surface area contributed by atoms with Crippen molar-refractivity contribution in [2.45, 2.75) is 12.8 Å². The number of hydroxylamine groups is 1. The Morgan fingerprint density at radius 2 is 2.33 bits per heavy atom. The number of carboxylic acid groups (broad SMARTS) is 1. The molecule has 1 rings (SSSR count). The molecule has 0 aliphatic carbocycles. The summed E-state index contributed by atoms with van der Waals surface area (Å²) < 4.78 is 12.0. The van der Waals surface area contributed by atoms with E-state index in [0.29, 0.717) is 11.4 Å². The average Bonchev–Trinajstić information content (AvgIpc) is 2.33. The zero-order chi connectivity index (χ0) is 13.4. The van der Waals surface area contributed by atoms with Crippen LogP contribution in [0.3, 0.4) is 0 Å². The van der Waals surface area contributed by atoms with Crippen molar-refractivity contribution >= 4 is 17.6 Å². The summed E-state index contributed by atoms with van der Waals surface area (Å²) in [6.45, 7) is 0.261. The van der Waals surface area contributed by atoms with Crippen molar-refractivity contribution in [3.63, 3.8) is 0 Å². The van der Waals surface area contributed by atoms with E-state index in [1.807, 2.05) is 23.7 Å². The third-order valence-electron chi connectivity index (χ3n) is 2.12. The molecule has 6 heteroatoms. The van der Waals surface area contributed by atoms with Crippen LogP contribution in [-0.4, -0.2) is 17.7 Å². The molecule has 0 fully saturated rings. The van der Waals surface area contributed by atoms with Crippen LogP contribution in [0.25, 0.3) is 0 Å². The van der Waals surface area contributed by atoms with Crippen LogP contribution >= 0.6 is 11.6 Å². The van der Waals surface area contributed by atoms with Crippen LogP contribution in [0.2, 0.25) is 5.02 Å². The fourth-order valence-corrected chi connectivity index (χ4v) is 1.50. The Kier molecular flexibility index (Phi) is 6.18. The summed E-state index contributed by atoms with van der Waals surface area (Å²) in [6, 6.07) is 7.42. The minimum Gasteiger partial charge on any atom is -0.476 e. The Hall–Kier alpha value is -1.59. The molecular formula is C12H13ClFNO3. The maximum atomic E-state index is 12.0. The summed E-state index contributed by atoms with van der Waals surface area (Å²) >= 11 is 5.82. The Labute approximate surface area is 109 Å². The van der Waals surface area contributed by atoms with E-state index in [2.05, 4.69) is 0 Å². The fraction of sp³-hybridized carbons (Fsp3) is 0.250. The molecule has 18 heavy (non-hydrogen) atoms. The van der Waals surface area contributed by atoms with Crippen molar-refractivity contribution in [1.82, 2.24) is 5.48 Å². The number of aliphatic carboxylic acids is 1.